The summed E-state index contributed by atoms with van der Waals surface area (Å²) >= 11 is 0. The van der Waals surface area contributed by atoms with Crippen molar-refractivity contribution in [1.29, 1.82) is 5.26 Å². The average molecular weight is 322 g/mol. The minimum Gasteiger partial charge on any atom is -0.452 e. The Morgan fingerprint density at radius 3 is 2.54 bits per heavy atom. The summed E-state index contributed by atoms with van der Waals surface area (Å²) in [5.41, 5.74) is -0.399. The van der Waals surface area contributed by atoms with Crippen LogP contribution in [-0.2, 0) is 9.53 Å². The van der Waals surface area contributed by atoms with Gasteiger partial charge in [-0.3, -0.25) is 4.79 Å². The quantitative estimate of drug-likeness (QED) is 0.878. The van der Waals surface area contributed by atoms with Gasteiger partial charge in [0.1, 0.15) is 5.54 Å². The number of nitriles is 1. The van der Waals surface area contributed by atoms with Crippen LogP contribution in [0, 0.1) is 11.3 Å². The summed E-state index contributed by atoms with van der Waals surface area (Å²) in [4.78, 5) is 24.1. The fourth-order valence-electron chi connectivity index (χ4n) is 3.08. The molecule has 0 atom stereocenters. The summed E-state index contributed by atoms with van der Waals surface area (Å²) in [6.07, 6.45) is 3.14. The number of nitrogens with one attached hydrogen (secondary N) is 1. The van der Waals surface area contributed by atoms with Crippen LogP contribution in [0.4, 0.5) is 0 Å². The van der Waals surface area contributed by atoms with Crippen molar-refractivity contribution in [3.8, 4) is 6.07 Å². The number of fused-ring (bicyclic) bond motifs is 1. The molecule has 1 N–H and O–H groups in total. The van der Waals surface area contributed by atoms with Crippen molar-refractivity contribution in [3.05, 3.63) is 48.0 Å². The van der Waals surface area contributed by atoms with Crippen molar-refractivity contribution in [2.45, 2.75) is 31.2 Å². The van der Waals surface area contributed by atoms with E-state index in [9.17, 15) is 14.9 Å². The van der Waals surface area contributed by atoms with E-state index in [4.69, 9.17) is 4.74 Å². The van der Waals surface area contributed by atoms with Crippen molar-refractivity contribution >= 4 is 22.6 Å². The number of hydrogen-bond acceptors (Lipinski definition) is 4. The summed E-state index contributed by atoms with van der Waals surface area (Å²) in [5, 5.41) is 13.9. The second-order valence-corrected chi connectivity index (χ2v) is 6.09. The highest BCUT2D eigenvalue weighted by atomic mass is 16.5. The minimum atomic E-state index is -0.799. The van der Waals surface area contributed by atoms with Crippen molar-refractivity contribution in [3.63, 3.8) is 0 Å². The molecule has 2 aromatic rings. The number of nitrogens with zero attached hydrogens (tertiary/aromatic N) is 1. The van der Waals surface area contributed by atoms with E-state index >= 15 is 0 Å². The molecular weight excluding hydrogens is 304 g/mol. The Morgan fingerprint density at radius 2 is 1.83 bits per heavy atom. The van der Waals surface area contributed by atoms with Gasteiger partial charge in [-0.05, 0) is 48.6 Å². The van der Waals surface area contributed by atoms with E-state index in [0.717, 1.165) is 23.6 Å². The topological polar surface area (TPSA) is 79.2 Å². The molecule has 0 radical (unpaired) electrons. The van der Waals surface area contributed by atoms with E-state index in [1.54, 1.807) is 12.1 Å². The number of ether oxygens (including phenoxy) is 1. The molecule has 0 aliphatic heterocycles. The highest BCUT2D eigenvalue weighted by Gasteiger charge is 2.35. The molecule has 24 heavy (non-hydrogen) atoms. The summed E-state index contributed by atoms with van der Waals surface area (Å²) in [5.74, 6) is -0.985. The van der Waals surface area contributed by atoms with E-state index < -0.39 is 17.4 Å². The van der Waals surface area contributed by atoms with Crippen LogP contribution in [0.3, 0.4) is 0 Å². The molecular formula is C19H18N2O3. The highest BCUT2D eigenvalue weighted by molar-refractivity contribution is 5.96. The molecule has 0 bridgehead atoms. The molecule has 5 heteroatoms. The first-order valence-electron chi connectivity index (χ1n) is 8.00. The third-order valence-electron chi connectivity index (χ3n) is 4.37. The molecule has 0 saturated heterocycles. The number of benzene rings is 2. The number of carbonyl (C=O) groups is 2. The highest BCUT2D eigenvalue weighted by Crippen LogP contribution is 2.28. The zero-order chi connectivity index (χ0) is 17.0. The summed E-state index contributed by atoms with van der Waals surface area (Å²) in [6, 6.07) is 15.1. The molecule has 0 heterocycles. The van der Waals surface area contributed by atoms with Crippen LogP contribution in [-0.4, -0.2) is 24.0 Å². The van der Waals surface area contributed by atoms with E-state index in [0.29, 0.717) is 18.4 Å². The van der Waals surface area contributed by atoms with Crippen LogP contribution in [0.5, 0.6) is 0 Å². The van der Waals surface area contributed by atoms with Gasteiger partial charge in [0.2, 0.25) is 0 Å². The van der Waals surface area contributed by atoms with Gasteiger partial charge in [-0.15, -0.1) is 0 Å². The van der Waals surface area contributed by atoms with Crippen molar-refractivity contribution in [1.82, 2.24) is 5.32 Å². The number of carbonyl (C=O) groups excluding carboxylic acids is 2. The monoisotopic (exact) mass is 322 g/mol. The van der Waals surface area contributed by atoms with Gasteiger partial charge in [0, 0.05) is 0 Å². The van der Waals surface area contributed by atoms with Gasteiger partial charge in [0.05, 0.1) is 11.6 Å². The molecule has 122 valence electrons. The van der Waals surface area contributed by atoms with E-state index in [1.165, 1.54) is 0 Å². The second-order valence-electron chi connectivity index (χ2n) is 6.09. The molecule has 1 aliphatic rings. The largest absolute Gasteiger partial charge is 0.452 e. The Morgan fingerprint density at radius 1 is 1.12 bits per heavy atom. The van der Waals surface area contributed by atoms with Crippen LogP contribution in [0.15, 0.2) is 42.5 Å². The van der Waals surface area contributed by atoms with Crippen molar-refractivity contribution in [2.24, 2.45) is 0 Å². The molecule has 1 aliphatic carbocycles. The number of rotatable bonds is 4. The molecule has 1 amide bonds. The lowest BCUT2D eigenvalue weighted by molar-refractivity contribution is -0.125. The summed E-state index contributed by atoms with van der Waals surface area (Å²) < 4.78 is 5.08. The standard InChI is InChI=1S/C19H18N2O3/c20-13-19(9-3-4-10-19)21-17(22)12-24-18(23)16-8-7-14-5-1-2-6-15(14)11-16/h1-2,5-8,11H,3-4,9-10,12H2,(H,21,22). The number of esters is 1. The molecule has 2 aromatic carbocycles. The van der Waals surface area contributed by atoms with Gasteiger partial charge < -0.3 is 10.1 Å². The van der Waals surface area contributed by atoms with E-state index in [-0.39, 0.29) is 6.61 Å². The Kier molecular flexibility index (Phi) is 4.48. The molecule has 1 fully saturated rings. The fourth-order valence-corrected chi connectivity index (χ4v) is 3.08. The number of amides is 1. The Hall–Kier alpha value is -2.87. The summed E-state index contributed by atoms with van der Waals surface area (Å²) in [6.45, 7) is -0.380. The van der Waals surface area contributed by atoms with Gasteiger partial charge in [-0.2, -0.15) is 5.26 Å². The molecule has 3 rings (SSSR count). The minimum absolute atomic E-state index is 0.380. The van der Waals surface area contributed by atoms with Crippen molar-refractivity contribution < 1.29 is 14.3 Å². The normalized spacial score (nSPS) is 15.6. The maximum Gasteiger partial charge on any atom is 0.338 e. The van der Waals surface area contributed by atoms with Crippen LogP contribution in [0.25, 0.3) is 10.8 Å². The molecule has 1 saturated carbocycles. The zero-order valence-electron chi connectivity index (χ0n) is 13.2. The SMILES string of the molecule is N#CC1(NC(=O)COC(=O)c2ccc3ccccc3c2)CCCC1. The maximum atomic E-state index is 12.1. The predicted octanol–water partition coefficient (Wildman–Crippen LogP) is 2.95. The fraction of sp³-hybridized carbons (Fsp3) is 0.316. The smallest absolute Gasteiger partial charge is 0.338 e. The third kappa shape index (κ3) is 3.38. The lowest BCUT2D eigenvalue weighted by Crippen LogP contribution is -2.46. The second kappa shape index (κ2) is 6.71. The van der Waals surface area contributed by atoms with Crippen LogP contribution in [0.2, 0.25) is 0 Å². The van der Waals surface area contributed by atoms with Gasteiger partial charge in [-0.25, -0.2) is 4.79 Å². The Bertz CT molecular complexity index is 817. The molecule has 0 spiro atoms. The van der Waals surface area contributed by atoms with Gasteiger partial charge in [-0.1, -0.05) is 30.3 Å². The molecule has 5 nitrogen and oxygen atoms in total. The Balaban J connectivity index is 1.60. The van der Waals surface area contributed by atoms with E-state index in [1.807, 2.05) is 30.3 Å². The van der Waals surface area contributed by atoms with E-state index in [2.05, 4.69) is 11.4 Å². The van der Waals surface area contributed by atoms with Gasteiger partial charge in [0.25, 0.3) is 5.91 Å². The van der Waals surface area contributed by atoms with Crippen LogP contribution < -0.4 is 5.32 Å². The lowest BCUT2D eigenvalue weighted by atomic mass is 10.00. The lowest BCUT2D eigenvalue weighted by Gasteiger charge is -2.21. The first-order valence-corrected chi connectivity index (χ1v) is 8.00. The maximum absolute atomic E-state index is 12.1. The van der Waals surface area contributed by atoms with Gasteiger partial charge in [0.15, 0.2) is 6.61 Å². The molecule has 0 aromatic heterocycles. The van der Waals surface area contributed by atoms with Crippen molar-refractivity contribution in [2.75, 3.05) is 6.61 Å². The number of hydrogen-bond donors (Lipinski definition) is 1. The van der Waals surface area contributed by atoms with Gasteiger partial charge >= 0.3 is 5.97 Å². The summed E-state index contributed by atoms with van der Waals surface area (Å²) in [7, 11) is 0. The average Bonchev–Trinajstić information content (AvgIpc) is 3.08. The Labute approximate surface area is 140 Å². The first-order chi connectivity index (χ1) is 11.6. The first kappa shape index (κ1) is 16.0. The predicted molar refractivity (Wildman–Crippen MR) is 89.2 cm³/mol. The van der Waals surface area contributed by atoms with Crippen LogP contribution >= 0.6 is 0 Å². The zero-order valence-corrected chi connectivity index (χ0v) is 13.2. The molecule has 0 unspecified atom stereocenters. The third-order valence-corrected chi connectivity index (χ3v) is 4.37. The van der Waals surface area contributed by atoms with Crippen LogP contribution in [0.1, 0.15) is 36.0 Å².